The first-order chi connectivity index (χ1) is 10.1. The minimum Gasteiger partial charge on any atom is -0.495 e. The molecular formula is C15H16N2O4. The van der Waals surface area contributed by atoms with Crippen molar-refractivity contribution >= 4 is 23.2 Å². The molecule has 0 saturated carbocycles. The van der Waals surface area contributed by atoms with Gasteiger partial charge in [0, 0.05) is 12.1 Å². The lowest BCUT2D eigenvalue weighted by Gasteiger charge is -2.12. The summed E-state index contributed by atoms with van der Waals surface area (Å²) in [5.74, 6) is 0.185. The van der Waals surface area contributed by atoms with Crippen LogP contribution in [0.3, 0.4) is 0 Å². The van der Waals surface area contributed by atoms with E-state index in [0.717, 1.165) is 0 Å². The number of furan rings is 1. The van der Waals surface area contributed by atoms with Crippen LogP contribution in [0.4, 0.5) is 11.4 Å². The van der Waals surface area contributed by atoms with E-state index in [2.05, 4.69) is 10.6 Å². The van der Waals surface area contributed by atoms with E-state index in [9.17, 15) is 9.59 Å². The summed E-state index contributed by atoms with van der Waals surface area (Å²) in [6.45, 7) is 1.76. The summed E-state index contributed by atoms with van der Waals surface area (Å²) in [6, 6.07) is 8.19. The number of carbonyl (C=O) groups excluding carboxylic acids is 2. The highest BCUT2D eigenvalue weighted by Crippen LogP contribution is 2.28. The molecular weight excluding hydrogens is 272 g/mol. The second-order valence-electron chi connectivity index (χ2n) is 4.25. The van der Waals surface area contributed by atoms with Crippen LogP contribution in [0.5, 0.6) is 5.75 Å². The quantitative estimate of drug-likeness (QED) is 0.886. The summed E-state index contributed by atoms with van der Waals surface area (Å²) >= 11 is 0. The van der Waals surface area contributed by atoms with E-state index in [4.69, 9.17) is 9.15 Å². The zero-order valence-electron chi connectivity index (χ0n) is 11.8. The zero-order chi connectivity index (χ0) is 15.2. The van der Waals surface area contributed by atoms with Crippen LogP contribution >= 0.6 is 0 Å². The van der Waals surface area contributed by atoms with Crippen molar-refractivity contribution in [2.75, 3.05) is 17.7 Å². The molecule has 0 saturated heterocycles. The molecule has 2 N–H and O–H groups in total. The SMILES string of the molecule is CCC(=O)Nc1ccc(OC)c(NC(=O)c2ccco2)c1. The molecule has 0 atom stereocenters. The van der Waals surface area contributed by atoms with Crippen molar-refractivity contribution in [2.24, 2.45) is 0 Å². The molecule has 2 amide bonds. The summed E-state index contributed by atoms with van der Waals surface area (Å²) in [6.07, 6.45) is 1.80. The summed E-state index contributed by atoms with van der Waals surface area (Å²) < 4.78 is 10.2. The number of benzene rings is 1. The number of hydrogen-bond acceptors (Lipinski definition) is 4. The Labute approximate surface area is 122 Å². The van der Waals surface area contributed by atoms with Gasteiger partial charge in [-0.15, -0.1) is 0 Å². The van der Waals surface area contributed by atoms with Crippen LogP contribution < -0.4 is 15.4 Å². The van der Waals surface area contributed by atoms with Crippen molar-refractivity contribution in [1.82, 2.24) is 0 Å². The third-order valence-electron chi connectivity index (χ3n) is 2.80. The van der Waals surface area contributed by atoms with E-state index in [1.807, 2.05) is 0 Å². The molecule has 1 heterocycles. The number of ether oxygens (including phenoxy) is 1. The van der Waals surface area contributed by atoms with Crippen molar-refractivity contribution in [1.29, 1.82) is 0 Å². The van der Waals surface area contributed by atoms with E-state index in [0.29, 0.717) is 23.5 Å². The highest BCUT2D eigenvalue weighted by Gasteiger charge is 2.13. The molecule has 110 valence electrons. The summed E-state index contributed by atoms with van der Waals surface area (Å²) in [4.78, 5) is 23.4. The maximum atomic E-state index is 12.0. The highest BCUT2D eigenvalue weighted by molar-refractivity contribution is 6.03. The van der Waals surface area contributed by atoms with Crippen molar-refractivity contribution < 1.29 is 18.7 Å². The first-order valence-electron chi connectivity index (χ1n) is 6.46. The molecule has 2 rings (SSSR count). The monoisotopic (exact) mass is 288 g/mol. The lowest BCUT2D eigenvalue weighted by atomic mass is 10.2. The first kappa shape index (κ1) is 14.6. The largest absolute Gasteiger partial charge is 0.495 e. The Morgan fingerprint density at radius 1 is 1.24 bits per heavy atom. The van der Waals surface area contributed by atoms with Crippen molar-refractivity contribution in [3.05, 3.63) is 42.4 Å². The van der Waals surface area contributed by atoms with Gasteiger partial charge in [-0.25, -0.2) is 0 Å². The third-order valence-corrected chi connectivity index (χ3v) is 2.80. The molecule has 0 radical (unpaired) electrons. The van der Waals surface area contributed by atoms with Gasteiger partial charge in [0.05, 0.1) is 19.1 Å². The average molecular weight is 288 g/mol. The lowest BCUT2D eigenvalue weighted by Crippen LogP contribution is -2.13. The standard InChI is InChI=1S/C15H16N2O4/c1-3-14(18)16-10-6-7-12(20-2)11(9-10)17-15(19)13-5-4-8-21-13/h4-9H,3H2,1-2H3,(H,16,18)(H,17,19). The van der Waals surface area contributed by atoms with Gasteiger partial charge in [-0.05, 0) is 30.3 Å². The highest BCUT2D eigenvalue weighted by atomic mass is 16.5. The van der Waals surface area contributed by atoms with Crippen LogP contribution in [-0.4, -0.2) is 18.9 Å². The zero-order valence-corrected chi connectivity index (χ0v) is 11.8. The number of hydrogen-bond donors (Lipinski definition) is 2. The van der Waals surface area contributed by atoms with Crippen LogP contribution in [0.1, 0.15) is 23.9 Å². The van der Waals surface area contributed by atoms with Crippen LogP contribution in [0.2, 0.25) is 0 Å². The molecule has 1 aromatic heterocycles. The maximum absolute atomic E-state index is 12.0. The fraction of sp³-hybridized carbons (Fsp3) is 0.200. The number of nitrogens with one attached hydrogen (secondary N) is 2. The number of rotatable bonds is 5. The van der Waals surface area contributed by atoms with E-state index in [-0.39, 0.29) is 11.7 Å². The molecule has 0 aliphatic rings. The summed E-state index contributed by atoms with van der Waals surface area (Å²) in [5, 5.41) is 5.41. The first-order valence-corrected chi connectivity index (χ1v) is 6.46. The fourth-order valence-electron chi connectivity index (χ4n) is 1.72. The maximum Gasteiger partial charge on any atom is 0.291 e. The molecule has 21 heavy (non-hydrogen) atoms. The molecule has 6 heteroatoms. The molecule has 1 aromatic carbocycles. The van der Waals surface area contributed by atoms with Crippen LogP contribution in [-0.2, 0) is 4.79 Å². The molecule has 0 bridgehead atoms. The second-order valence-corrected chi connectivity index (χ2v) is 4.25. The second kappa shape index (κ2) is 6.60. The topological polar surface area (TPSA) is 80.6 Å². The predicted octanol–water partition coefficient (Wildman–Crippen LogP) is 2.89. The smallest absolute Gasteiger partial charge is 0.291 e. The van der Waals surface area contributed by atoms with Gasteiger partial charge in [-0.3, -0.25) is 9.59 Å². The number of methoxy groups -OCH3 is 1. The van der Waals surface area contributed by atoms with Crippen molar-refractivity contribution in [2.45, 2.75) is 13.3 Å². The molecule has 0 unspecified atom stereocenters. The third kappa shape index (κ3) is 3.62. The minimum atomic E-state index is -0.391. The number of anilines is 2. The van der Waals surface area contributed by atoms with Gasteiger partial charge in [0.1, 0.15) is 5.75 Å². The van der Waals surface area contributed by atoms with E-state index < -0.39 is 5.91 Å². The molecule has 6 nitrogen and oxygen atoms in total. The van der Waals surface area contributed by atoms with Crippen molar-refractivity contribution in [3.63, 3.8) is 0 Å². The Balaban J connectivity index is 2.21. The predicted molar refractivity (Wildman–Crippen MR) is 78.6 cm³/mol. The van der Waals surface area contributed by atoms with E-state index in [1.165, 1.54) is 13.4 Å². The molecule has 2 aromatic rings. The Bertz CT molecular complexity index is 635. The number of carbonyl (C=O) groups is 2. The normalized spacial score (nSPS) is 10.0. The molecule has 0 aliphatic heterocycles. The van der Waals surface area contributed by atoms with Crippen LogP contribution in [0.15, 0.2) is 41.0 Å². The van der Waals surface area contributed by atoms with Gasteiger partial charge in [0.15, 0.2) is 5.76 Å². The van der Waals surface area contributed by atoms with E-state index >= 15 is 0 Å². The van der Waals surface area contributed by atoms with Gasteiger partial charge in [0.2, 0.25) is 5.91 Å². The number of amides is 2. The van der Waals surface area contributed by atoms with Gasteiger partial charge >= 0.3 is 0 Å². The Morgan fingerprint density at radius 2 is 2.05 bits per heavy atom. The molecule has 0 spiro atoms. The van der Waals surface area contributed by atoms with Gasteiger partial charge in [0.25, 0.3) is 5.91 Å². The van der Waals surface area contributed by atoms with Gasteiger partial charge in [-0.2, -0.15) is 0 Å². The van der Waals surface area contributed by atoms with Gasteiger partial charge in [-0.1, -0.05) is 6.92 Å². The Morgan fingerprint density at radius 3 is 2.67 bits per heavy atom. The molecule has 0 aliphatic carbocycles. The lowest BCUT2D eigenvalue weighted by molar-refractivity contribution is -0.115. The van der Waals surface area contributed by atoms with Crippen molar-refractivity contribution in [3.8, 4) is 5.75 Å². The average Bonchev–Trinajstić information content (AvgIpc) is 3.01. The summed E-state index contributed by atoms with van der Waals surface area (Å²) in [7, 11) is 1.50. The van der Waals surface area contributed by atoms with Gasteiger partial charge < -0.3 is 19.8 Å². The Hall–Kier alpha value is -2.76. The summed E-state index contributed by atoms with van der Waals surface area (Å²) in [5.41, 5.74) is 1.03. The minimum absolute atomic E-state index is 0.108. The van der Waals surface area contributed by atoms with Crippen LogP contribution in [0.25, 0.3) is 0 Å². The Kier molecular flexibility index (Phi) is 4.61. The van der Waals surface area contributed by atoms with E-state index in [1.54, 1.807) is 37.3 Å². The van der Waals surface area contributed by atoms with Crippen LogP contribution in [0, 0.1) is 0 Å². The molecule has 0 fully saturated rings. The fourth-order valence-corrected chi connectivity index (χ4v) is 1.72.